The van der Waals surface area contributed by atoms with Crippen LogP contribution in [0.4, 0.5) is 0 Å². The molecule has 0 spiro atoms. The maximum atomic E-state index is 11.4. The molecule has 0 radical (unpaired) electrons. The molecule has 5 nitrogen and oxygen atoms in total. The minimum absolute atomic E-state index is 0.0459. The molecule has 88 valence electrons. The molecule has 0 N–H and O–H groups in total. The molecule has 0 aliphatic heterocycles. The van der Waals surface area contributed by atoms with E-state index in [0.29, 0.717) is 6.42 Å². The zero-order valence-corrected chi connectivity index (χ0v) is 9.92. The van der Waals surface area contributed by atoms with Crippen LogP contribution in [-0.2, 0) is 19.6 Å². The van der Waals surface area contributed by atoms with E-state index in [2.05, 4.69) is 11.3 Å². The average Bonchev–Trinajstić information content (AvgIpc) is 2.17. The highest BCUT2D eigenvalue weighted by Crippen LogP contribution is 1.99. The van der Waals surface area contributed by atoms with Gasteiger partial charge in [-0.1, -0.05) is 13.5 Å². The van der Waals surface area contributed by atoms with Crippen LogP contribution in [0.1, 0.15) is 13.3 Å². The first-order valence-electron chi connectivity index (χ1n) is 4.67. The van der Waals surface area contributed by atoms with Gasteiger partial charge in [0.25, 0.3) is 0 Å². The predicted octanol–water partition coefficient (Wildman–Crippen LogP) is 0.387. The number of sulfonamides is 1. The fourth-order valence-corrected chi connectivity index (χ4v) is 2.07. The van der Waals surface area contributed by atoms with Crippen LogP contribution in [0.5, 0.6) is 0 Å². The van der Waals surface area contributed by atoms with Gasteiger partial charge in [0.05, 0.1) is 5.75 Å². The topological polar surface area (TPSA) is 63.7 Å². The van der Waals surface area contributed by atoms with Crippen molar-refractivity contribution in [3.8, 4) is 0 Å². The molecule has 0 aliphatic carbocycles. The van der Waals surface area contributed by atoms with Crippen LogP contribution in [0.2, 0.25) is 0 Å². The Kier molecular flexibility index (Phi) is 6.19. The number of rotatable bonds is 7. The van der Waals surface area contributed by atoms with Crippen molar-refractivity contribution in [2.24, 2.45) is 0 Å². The summed E-state index contributed by atoms with van der Waals surface area (Å²) in [5.41, 5.74) is 0. The summed E-state index contributed by atoms with van der Waals surface area (Å²) in [6.45, 7) is 5.24. The largest absolute Gasteiger partial charge is 0.461 e. The number of esters is 1. The van der Waals surface area contributed by atoms with Crippen LogP contribution in [0, 0.1) is 0 Å². The van der Waals surface area contributed by atoms with Gasteiger partial charge in [0, 0.05) is 19.7 Å². The molecular weight excluding hydrogens is 218 g/mol. The van der Waals surface area contributed by atoms with Gasteiger partial charge in [-0.05, 0) is 6.42 Å². The average molecular weight is 235 g/mol. The van der Waals surface area contributed by atoms with Gasteiger partial charge < -0.3 is 4.74 Å². The molecule has 0 aromatic heterocycles. The zero-order valence-electron chi connectivity index (χ0n) is 9.10. The molecule has 0 fully saturated rings. The third kappa shape index (κ3) is 5.54. The first-order chi connectivity index (χ1) is 6.94. The van der Waals surface area contributed by atoms with Crippen molar-refractivity contribution in [3.05, 3.63) is 12.7 Å². The Hall–Kier alpha value is -0.880. The summed E-state index contributed by atoms with van der Waals surface area (Å²) in [6, 6.07) is 0. The third-order valence-electron chi connectivity index (χ3n) is 1.75. The minimum atomic E-state index is -3.20. The van der Waals surface area contributed by atoms with Gasteiger partial charge >= 0.3 is 5.97 Å². The third-order valence-corrected chi connectivity index (χ3v) is 3.81. The van der Waals surface area contributed by atoms with Gasteiger partial charge in [-0.15, -0.1) is 0 Å². The second kappa shape index (κ2) is 6.58. The second-order valence-electron chi connectivity index (χ2n) is 3.01. The van der Waals surface area contributed by atoms with Gasteiger partial charge in [-0.25, -0.2) is 17.5 Å². The summed E-state index contributed by atoms with van der Waals surface area (Å²) < 4.78 is 28.7. The van der Waals surface area contributed by atoms with E-state index in [1.807, 2.05) is 0 Å². The first-order valence-corrected chi connectivity index (χ1v) is 6.28. The second-order valence-corrected chi connectivity index (χ2v) is 5.20. The molecule has 0 atom stereocenters. The van der Waals surface area contributed by atoms with Gasteiger partial charge in [0.15, 0.2) is 0 Å². The molecule has 0 unspecified atom stereocenters. The Balaban J connectivity index is 3.98. The van der Waals surface area contributed by atoms with E-state index < -0.39 is 16.0 Å². The van der Waals surface area contributed by atoms with Crippen LogP contribution >= 0.6 is 0 Å². The standard InChI is InChI=1S/C9H17NO4S/c1-4-8-15(12,13)10(3)6-7-14-9(11)5-2/h5H,2,4,6-8H2,1,3H3. The molecule has 0 rings (SSSR count). The molecule has 0 aromatic rings. The van der Waals surface area contributed by atoms with Gasteiger partial charge in [-0.3, -0.25) is 0 Å². The van der Waals surface area contributed by atoms with Crippen LogP contribution in [0.3, 0.4) is 0 Å². The number of nitrogens with zero attached hydrogens (tertiary/aromatic N) is 1. The molecule has 0 saturated carbocycles. The number of ether oxygens (including phenoxy) is 1. The molecule has 0 amide bonds. The molecule has 0 aliphatic rings. The quantitative estimate of drug-likeness (QED) is 0.473. The summed E-state index contributed by atoms with van der Waals surface area (Å²) in [7, 11) is -1.73. The van der Waals surface area contributed by atoms with Gasteiger partial charge in [0.1, 0.15) is 6.61 Å². The highest BCUT2D eigenvalue weighted by atomic mass is 32.2. The van der Waals surface area contributed by atoms with E-state index in [1.165, 1.54) is 11.4 Å². The Morgan fingerprint density at radius 1 is 1.53 bits per heavy atom. The lowest BCUT2D eigenvalue weighted by Gasteiger charge is -2.16. The van der Waals surface area contributed by atoms with E-state index in [-0.39, 0.29) is 18.9 Å². The van der Waals surface area contributed by atoms with Gasteiger partial charge in [0.2, 0.25) is 10.0 Å². The number of likely N-dealkylation sites (N-methyl/N-ethyl adjacent to an activating group) is 1. The van der Waals surface area contributed by atoms with Crippen molar-refractivity contribution in [2.75, 3.05) is 26.0 Å². The predicted molar refractivity (Wildman–Crippen MR) is 57.9 cm³/mol. The molecule has 0 aromatic carbocycles. The molecule has 15 heavy (non-hydrogen) atoms. The lowest BCUT2D eigenvalue weighted by molar-refractivity contribution is -0.137. The van der Waals surface area contributed by atoms with E-state index >= 15 is 0 Å². The van der Waals surface area contributed by atoms with Crippen molar-refractivity contribution >= 4 is 16.0 Å². The van der Waals surface area contributed by atoms with Crippen molar-refractivity contribution in [1.82, 2.24) is 4.31 Å². The first kappa shape index (κ1) is 14.1. The Bertz CT molecular complexity index is 310. The van der Waals surface area contributed by atoms with Gasteiger partial charge in [-0.2, -0.15) is 0 Å². The van der Waals surface area contributed by atoms with Crippen LogP contribution in [0.15, 0.2) is 12.7 Å². The lowest BCUT2D eigenvalue weighted by Crippen LogP contribution is -2.32. The summed E-state index contributed by atoms with van der Waals surface area (Å²) >= 11 is 0. The normalized spacial score (nSPS) is 11.4. The smallest absolute Gasteiger partial charge is 0.330 e. The van der Waals surface area contributed by atoms with Crippen LogP contribution in [0.25, 0.3) is 0 Å². The van der Waals surface area contributed by atoms with E-state index in [1.54, 1.807) is 6.92 Å². The fourth-order valence-electron chi connectivity index (χ4n) is 0.887. The maximum Gasteiger partial charge on any atom is 0.330 e. The molecule has 6 heteroatoms. The van der Waals surface area contributed by atoms with E-state index in [4.69, 9.17) is 0 Å². The Labute approximate surface area is 90.8 Å². The summed E-state index contributed by atoms with van der Waals surface area (Å²) in [5.74, 6) is -0.435. The fraction of sp³-hybridized carbons (Fsp3) is 0.667. The number of hydrogen-bond donors (Lipinski definition) is 0. The molecule has 0 saturated heterocycles. The van der Waals surface area contributed by atoms with Crippen LogP contribution in [-0.4, -0.2) is 44.6 Å². The monoisotopic (exact) mass is 235 g/mol. The summed E-state index contributed by atoms with van der Waals surface area (Å²) in [4.78, 5) is 10.7. The Morgan fingerprint density at radius 2 is 2.13 bits per heavy atom. The zero-order chi connectivity index (χ0) is 11.9. The lowest BCUT2D eigenvalue weighted by atomic mass is 10.6. The molecular formula is C9H17NO4S. The Morgan fingerprint density at radius 3 is 2.60 bits per heavy atom. The van der Waals surface area contributed by atoms with Crippen molar-refractivity contribution in [1.29, 1.82) is 0 Å². The summed E-state index contributed by atoms with van der Waals surface area (Å²) in [6.07, 6.45) is 1.61. The molecule has 0 bridgehead atoms. The number of carbonyl (C=O) groups is 1. The highest BCUT2D eigenvalue weighted by molar-refractivity contribution is 7.89. The highest BCUT2D eigenvalue weighted by Gasteiger charge is 2.16. The van der Waals surface area contributed by atoms with Crippen molar-refractivity contribution in [2.45, 2.75) is 13.3 Å². The van der Waals surface area contributed by atoms with E-state index in [0.717, 1.165) is 6.08 Å². The molecule has 0 heterocycles. The van der Waals surface area contributed by atoms with Crippen LogP contribution < -0.4 is 0 Å². The summed E-state index contributed by atoms with van der Waals surface area (Å²) in [5, 5.41) is 0. The number of carbonyl (C=O) groups excluding carboxylic acids is 1. The minimum Gasteiger partial charge on any atom is -0.461 e. The van der Waals surface area contributed by atoms with Crippen molar-refractivity contribution < 1.29 is 17.9 Å². The van der Waals surface area contributed by atoms with E-state index in [9.17, 15) is 13.2 Å². The maximum absolute atomic E-state index is 11.4. The number of hydrogen-bond acceptors (Lipinski definition) is 4. The van der Waals surface area contributed by atoms with Crippen molar-refractivity contribution in [3.63, 3.8) is 0 Å². The SMILES string of the molecule is C=CC(=O)OCCN(C)S(=O)(=O)CCC.